The predicted molar refractivity (Wildman–Crippen MR) is 130 cm³/mol. The van der Waals surface area contributed by atoms with Gasteiger partial charge in [-0.05, 0) is 37.1 Å². The molecule has 3 rings (SSSR count). The average molecular weight is 501 g/mol. The third kappa shape index (κ3) is 6.67. The Hall–Kier alpha value is -3.70. The summed E-state index contributed by atoms with van der Waals surface area (Å²) in [6, 6.07) is 12.4. The van der Waals surface area contributed by atoms with Gasteiger partial charge in [0.2, 0.25) is 21.8 Å². The summed E-state index contributed by atoms with van der Waals surface area (Å²) in [6.45, 7) is 1.51. The van der Waals surface area contributed by atoms with Crippen LogP contribution in [0.1, 0.15) is 17.5 Å². The van der Waals surface area contributed by atoms with Gasteiger partial charge in [0.15, 0.2) is 0 Å². The van der Waals surface area contributed by atoms with Crippen molar-refractivity contribution in [3.8, 4) is 0 Å². The number of carboxylic acids is 1. The molecule has 0 unspecified atom stereocenters. The SMILES string of the molecule is Cc1ccc(S(=O)(=O)N(C)CC(=O)N[C@@H](CC(=O)NCCc2c[nH]c3ccccc23)C(=O)O)cc1. The monoisotopic (exact) mass is 500 g/mol. The number of sulfonamides is 1. The molecule has 1 aromatic heterocycles. The Bertz CT molecular complexity index is 1320. The number of H-pyrrole nitrogens is 1. The molecule has 0 radical (unpaired) electrons. The zero-order valence-corrected chi connectivity index (χ0v) is 20.3. The number of aromatic amines is 1. The lowest BCUT2D eigenvalue weighted by molar-refractivity contribution is -0.143. The van der Waals surface area contributed by atoms with Crippen LogP contribution in [0.25, 0.3) is 10.9 Å². The van der Waals surface area contributed by atoms with Gasteiger partial charge in [0.25, 0.3) is 0 Å². The first-order valence-electron chi connectivity index (χ1n) is 10.9. The minimum atomic E-state index is -3.94. The molecule has 11 heteroatoms. The van der Waals surface area contributed by atoms with Crippen LogP contribution < -0.4 is 10.6 Å². The Morgan fingerprint density at radius 3 is 2.43 bits per heavy atom. The molecule has 0 spiro atoms. The van der Waals surface area contributed by atoms with E-state index in [0.717, 1.165) is 26.3 Å². The van der Waals surface area contributed by atoms with E-state index in [1.54, 1.807) is 12.1 Å². The fourth-order valence-electron chi connectivity index (χ4n) is 3.55. The number of hydrogen-bond acceptors (Lipinski definition) is 5. The molecule has 3 aromatic rings. The predicted octanol–water partition coefficient (Wildman–Crippen LogP) is 1.42. The van der Waals surface area contributed by atoms with E-state index in [4.69, 9.17) is 0 Å². The van der Waals surface area contributed by atoms with Crippen molar-refractivity contribution in [1.82, 2.24) is 19.9 Å². The lowest BCUT2D eigenvalue weighted by Gasteiger charge is -2.19. The summed E-state index contributed by atoms with van der Waals surface area (Å²) in [4.78, 5) is 39.4. The van der Waals surface area contributed by atoms with Crippen molar-refractivity contribution >= 4 is 38.7 Å². The lowest BCUT2D eigenvalue weighted by atomic mass is 10.1. The van der Waals surface area contributed by atoms with Crippen molar-refractivity contribution in [2.45, 2.75) is 30.7 Å². The van der Waals surface area contributed by atoms with Crippen LogP contribution in [0.4, 0.5) is 0 Å². The largest absolute Gasteiger partial charge is 0.480 e. The van der Waals surface area contributed by atoms with E-state index in [1.165, 1.54) is 19.2 Å². The van der Waals surface area contributed by atoms with Gasteiger partial charge in [-0.25, -0.2) is 13.2 Å². The molecule has 1 heterocycles. The molecule has 4 N–H and O–H groups in total. The van der Waals surface area contributed by atoms with Gasteiger partial charge < -0.3 is 20.7 Å². The highest BCUT2D eigenvalue weighted by Gasteiger charge is 2.27. The van der Waals surface area contributed by atoms with Gasteiger partial charge in [-0.3, -0.25) is 9.59 Å². The number of aromatic nitrogens is 1. The minimum Gasteiger partial charge on any atom is -0.480 e. The van der Waals surface area contributed by atoms with Crippen molar-refractivity contribution in [2.24, 2.45) is 0 Å². The maximum atomic E-state index is 12.6. The molecule has 186 valence electrons. The number of carbonyl (C=O) groups excluding carboxylic acids is 2. The van der Waals surface area contributed by atoms with Gasteiger partial charge >= 0.3 is 5.97 Å². The van der Waals surface area contributed by atoms with Crippen molar-refractivity contribution < 1.29 is 27.9 Å². The zero-order valence-electron chi connectivity index (χ0n) is 19.4. The molecule has 0 fully saturated rings. The van der Waals surface area contributed by atoms with Gasteiger partial charge in [0, 0.05) is 30.7 Å². The second-order valence-electron chi connectivity index (χ2n) is 8.20. The fourth-order valence-corrected chi connectivity index (χ4v) is 4.68. The standard InChI is InChI=1S/C24H28N4O6S/c1-16-7-9-18(10-8-16)35(33,34)28(2)15-23(30)27-21(24(31)32)13-22(29)25-12-11-17-14-26-20-6-4-3-5-19(17)20/h3-10,14,21,26H,11-13,15H2,1-2H3,(H,25,29)(H,27,30)(H,31,32)/t21-/m0/s1. The molecule has 2 amide bonds. The maximum absolute atomic E-state index is 12.6. The number of fused-ring (bicyclic) bond motifs is 1. The molecule has 0 aliphatic carbocycles. The topological polar surface area (TPSA) is 149 Å². The van der Waals surface area contributed by atoms with Crippen LogP contribution >= 0.6 is 0 Å². The summed E-state index contributed by atoms with van der Waals surface area (Å²) < 4.78 is 26.1. The summed E-state index contributed by atoms with van der Waals surface area (Å²) in [7, 11) is -2.71. The van der Waals surface area contributed by atoms with Crippen molar-refractivity contribution in [3.63, 3.8) is 0 Å². The summed E-state index contributed by atoms with van der Waals surface area (Å²) in [5, 5.41) is 15.4. The average Bonchev–Trinajstić information content (AvgIpc) is 3.22. The van der Waals surface area contributed by atoms with E-state index in [-0.39, 0.29) is 4.90 Å². The Labute approximate surface area is 203 Å². The van der Waals surface area contributed by atoms with E-state index in [9.17, 15) is 27.9 Å². The van der Waals surface area contributed by atoms with Crippen LogP contribution in [0.2, 0.25) is 0 Å². The normalized spacial score (nSPS) is 12.4. The number of benzene rings is 2. The van der Waals surface area contributed by atoms with Crippen LogP contribution in [0.5, 0.6) is 0 Å². The minimum absolute atomic E-state index is 0.0164. The third-order valence-corrected chi connectivity index (χ3v) is 7.33. The van der Waals surface area contributed by atoms with E-state index < -0.39 is 46.8 Å². The Morgan fingerprint density at radius 2 is 1.74 bits per heavy atom. The van der Waals surface area contributed by atoms with Crippen LogP contribution in [-0.2, 0) is 30.8 Å². The fraction of sp³-hybridized carbons (Fsp3) is 0.292. The molecule has 0 saturated carbocycles. The highest BCUT2D eigenvalue weighted by atomic mass is 32.2. The van der Waals surface area contributed by atoms with Crippen LogP contribution in [0.15, 0.2) is 59.6 Å². The van der Waals surface area contributed by atoms with Gasteiger partial charge in [0.05, 0.1) is 17.9 Å². The number of para-hydroxylation sites is 1. The van der Waals surface area contributed by atoms with E-state index in [2.05, 4.69) is 15.6 Å². The lowest BCUT2D eigenvalue weighted by Crippen LogP contribution is -2.48. The number of nitrogens with zero attached hydrogens (tertiary/aromatic N) is 1. The van der Waals surface area contributed by atoms with Crippen LogP contribution in [-0.4, -0.2) is 66.8 Å². The van der Waals surface area contributed by atoms with Crippen molar-refractivity contribution in [2.75, 3.05) is 20.1 Å². The molecule has 10 nitrogen and oxygen atoms in total. The smallest absolute Gasteiger partial charge is 0.326 e. The molecule has 35 heavy (non-hydrogen) atoms. The van der Waals surface area contributed by atoms with Gasteiger partial charge in [-0.15, -0.1) is 0 Å². The number of carboxylic acid groups (broad SMARTS) is 1. The first-order chi connectivity index (χ1) is 16.6. The highest BCUT2D eigenvalue weighted by Crippen LogP contribution is 2.18. The quantitative estimate of drug-likeness (QED) is 0.313. The molecule has 1 atom stereocenters. The molecular formula is C24H28N4O6S. The molecule has 0 aliphatic heterocycles. The summed E-state index contributed by atoms with van der Waals surface area (Å²) in [6.07, 6.45) is 1.92. The molecule has 0 bridgehead atoms. The van der Waals surface area contributed by atoms with Gasteiger partial charge in [0.1, 0.15) is 6.04 Å². The first-order valence-corrected chi connectivity index (χ1v) is 12.4. The number of amides is 2. The maximum Gasteiger partial charge on any atom is 0.326 e. The van der Waals surface area contributed by atoms with Crippen LogP contribution in [0, 0.1) is 6.92 Å². The van der Waals surface area contributed by atoms with E-state index in [0.29, 0.717) is 13.0 Å². The Balaban J connectivity index is 1.51. The van der Waals surface area contributed by atoms with Gasteiger partial charge in [-0.2, -0.15) is 4.31 Å². The summed E-state index contributed by atoms with van der Waals surface area (Å²) >= 11 is 0. The number of aliphatic carboxylic acids is 1. The first kappa shape index (κ1) is 25.9. The Morgan fingerprint density at radius 1 is 1.06 bits per heavy atom. The van der Waals surface area contributed by atoms with Crippen molar-refractivity contribution in [3.05, 3.63) is 65.9 Å². The molecular weight excluding hydrogens is 472 g/mol. The number of hydrogen-bond donors (Lipinski definition) is 4. The van der Waals surface area contributed by atoms with Crippen molar-refractivity contribution in [1.29, 1.82) is 0 Å². The zero-order chi connectivity index (χ0) is 25.6. The summed E-state index contributed by atoms with van der Waals surface area (Å²) in [5.41, 5.74) is 2.88. The number of likely N-dealkylation sites (N-methyl/N-ethyl adjacent to an activating group) is 1. The number of aryl methyl sites for hydroxylation is 1. The molecule has 0 saturated heterocycles. The number of nitrogens with one attached hydrogen (secondary N) is 3. The van der Waals surface area contributed by atoms with E-state index >= 15 is 0 Å². The Kier molecular flexibility index (Phi) is 8.26. The molecule has 0 aliphatic rings. The third-order valence-electron chi connectivity index (χ3n) is 5.51. The van der Waals surface area contributed by atoms with Gasteiger partial charge in [-0.1, -0.05) is 35.9 Å². The second kappa shape index (κ2) is 11.2. The summed E-state index contributed by atoms with van der Waals surface area (Å²) in [5.74, 6) is -2.77. The highest BCUT2D eigenvalue weighted by molar-refractivity contribution is 7.89. The molecule has 2 aromatic carbocycles. The number of carbonyl (C=O) groups is 3. The van der Waals surface area contributed by atoms with Crippen LogP contribution in [0.3, 0.4) is 0 Å². The number of rotatable bonds is 11. The second-order valence-corrected chi connectivity index (χ2v) is 10.2. The van der Waals surface area contributed by atoms with E-state index in [1.807, 2.05) is 37.4 Å².